The first-order valence-corrected chi connectivity index (χ1v) is 6.79. The van der Waals surface area contributed by atoms with Gasteiger partial charge >= 0.3 is 0 Å². The van der Waals surface area contributed by atoms with E-state index in [1.807, 2.05) is 12.1 Å². The Morgan fingerprint density at radius 1 is 1.39 bits per heavy atom. The van der Waals surface area contributed by atoms with Gasteiger partial charge in [0.2, 0.25) is 0 Å². The predicted molar refractivity (Wildman–Crippen MR) is 75.1 cm³/mol. The second-order valence-corrected chi connectivity index (χ2v) is 4.90. The van der Waals surface area contributed by atoms with Gasteiger partial charge in [-0.15, -0.1) is 0 Å². The molecule has 0 radical (unpaired) electrons. The summed E-state index contributed by atoms with van der Waals surface area (Å²) in [6.07, 6.45) is 8.25. The van der Waals surface area contributed by atoms with E-state index in [4.69, 9.17) is 11.1 Å². The summed E-state index contributed by atoms with van der Waals surface area (Å²) >= 11 is 0. The molecule has 0 atom stereocenters. The molecule has 0 spiro atoms. The molecule has 0 aromatic carbocycles. The van der Waals surface area contributed by atoms with Crippen LogP contribution >= 0.6 is 0 Å². The molecule has 0 saturated heterocycles. The molecule has 0 unspecified atom stereocenters. The van der Waals surface area contributed by atoms with Gasteiger partial charge in [0.25, 0.3) is 0 Å². The molecule has 1 aromatic rings. The van der Waals surface area contributed by atoms with E-state index in [-0.39, 0.29) is 5.84 Å². The van der Waals surface area contributed by atoms with E-state index in [1.165, 1.54) is 32.1 Å². The van der Waals surface area contributed by atoms with Crippen molar-refractivity contribution in [1.82, 2.24) is 4.98 Å². The Hall–Kier alpha value is -1.58. The first kappa shape index (κ1) is 12.9. The Kier molecular flexibility index (Phi) is 4.18. The highest BCUT2D eigenvalue weighted by atomic mass is 15.2. The van der Waals surface area contributed by atoms with Crippen LogP contribution in [0.4, 0.5) is 5.82 Å². The number of nitrogen functional groups attached to an aromatic ring is 1. The lowest BCUT2D eigenvalue weighted by Gasteiger charge is -2.34. The number of hydrogen-bond donors (Lipinski definition) is 2. The molecule has 4 heteroatoms. The van der Waals surface area contributed by atoms with Gasteiger partial charge < -0.3 is 10.6 Å². The number of anilines is 1. The normalized spacial score (nSPS) is 16.5. The van der Waals surface area contributed by atoms with Crippen molar-refractivity contribution in [3.63, 3.8) is 0 Å². The van der Waals surface area contributed by atoms with E-state index < -0.39 is 0 Å². The number of rotatable bonds is 4. The van der Waals surface area contributed by atoms with Gasteiger partial charge in [0.15, 0.2) is 0 Å². The fourth-order valence-corrected chi connectivity index (χ4v) is 2.72. The predicted octanol–water partition coefficient (Wildman–Crippen LogP) is 2.52. The number of aromatic nitrogens is 1. The molecule has 1 aliphatic carbocycles. The molecule has 0 amide bonds. The van der Waals surface area contributed by atoms with Gasteiger partial charge in [-0.05, 0) is 31.9 Å². The van der Waals surface area contributed by atoms with Crippen molar-refractivity contribution in [2.24, 2.45) is 5.73 Å². The number of amidine groups is 1. The molecule has 0 bridgehead atoms. The van der Waals surface area contributed by atoms with Crippen LogP contribution in [-0.2, 0) is 0 Å². The zero-order valence-electron chi connectivity index (χ0n) is 11.0. The van der Waals surface area contributed by atoms with E-state index in [1.54, 1.807) is 6.20 Å². The van der Waals surface area contributed by atoms with Crippen molar-refractivity contribution in [2.75, 3.05) is 11.4 Å². The molecule has 1 aromatic heterocycles. The van der Waals surface area contributed by atoms with E-state index in [2.05, 4.69) is 16.8 Å². The first-order chi connectivity index (χ1) is 8.72. The molecule has 0 aliphatic heterocycles. The topological polar surface area (TPSA) is 66.0 Å². The van der Waals surface area contributed by atoms with Crippen LogP contribution in [0.3, 0.4) is 0 Å². The molecular weight excluding hydrogens is 224 g/mol. The lowest BCUT2D eigenvalue weighted by atomic mass is 9.94. The third kappa shape index (κ3) is 2.81. The molecule has 1 fully saturated rings. The van der Waals surface area contributed by atoms with E-state index in [0.717, 1.165) is 12.4 Å². The molecule has 2 rings (SSSR count). The maximum absolute atomic E-state index is 7.38. The van der Waals surface area contributed by atoms with Crippen LogP contribution in [0, 0.1) is 5.41 Å². The molecule has 3 N–H and O–H groups in total. The van der Waals surface area contributed by atoms with Crippen molar-refractivity contribution in [3.05, 3.63) is 23.9 Å². The summed E-state index contributed by atoms with van der Waals surface area (Å²) < 4.78 is 0. The van der Waals surface area contributed by atoms with Gasteiger partial charge in [0, 0.05) is 24.3 Å². The fourth-order valence-electron chi connectivity index (χ4n) is 2.72. The molecule has 4 nitrogen and oxygen atoms in total. The third-order valence-electron chi connectivity index (χ3n) is 3.71. The standard InChI is InChI=1S/C14H22N4/c1-2-18(12-6-4-3-5-7-12)13-9-8-11(10-17-13)14(15)16/h8-10,12H,2-7H2,1H3,(H3,15,16). The average molecular weight is 246 g/mol. The van der Waals surface area contributed by atoms with Gasteiger partial charge in [-0.2, -0.15) is 0 Å². The third-order valence-corrected chi connectivity index (χ3v) is 3.71. The van der Waals surface area contributed by atoms with Crippen LogP contribution in [0.15, 0.2) is 18.3 Å². The quantitative estimate of drug-likeness (QED) is 0.633. The minimum absolute atomic E-state index is 0.0785. The summed E-state index contributed by atoms with van der Waals surface area (Å²) in [6.45, 7) is 3.16. The Morgan fingerprint density at radius 2 is 2.11 bits per heavy atom. The second-order valence-electron chi connectivity index (χ2n) is 4.90. The molecule has 1 saturated carbocycles. The zero-order chi connectivity index (χ0) is 13.0. The van der Waals surface area contributed by atoms with Crippen LogP contribution in [-0.4, -0.2) is 23.4 Å². The number of nitrogens with two attached hydrogens (primary N) is 1. The van der Waals surface area contributed by atoms with E-state index in [0.29, 0.717) is 11.6 Å². The van der Waals surface area contributed by atoms with E-state index >= 15 is 0 Å². The van der Waals surface area contributed by atoms with Crippen LogP contribution in [0.2, 0.25) is 0 Å². The summed E-state index contributed by atoms with van der Waals surface area (Å²) in [5, 5.41) is 7.38. The Labute approximate surface area is 109 Å². The van der Waals surface area contributed by atoms with Crippen molar-refractivity contribution < 1.29 is 0 Å². The monoisotopic (exact) mass is 246 g/mol. The smallest absolute Gasteiger partial charge is 0.128 e. The SMILES string of the molecule is CCN(c1ccc(C(=N)N)cn1)C1CCCCC1. The van der Waals surface area contributed by atoms with Gasteiger partial charge in [-0.25, -0.2) is 4.98 Å². The summed E-state index contributed by atoms with van der Waals surface area (Å²) in [4.78, 5) is 6.83. The summed E-state index contributed by atoms with van der Waals surface area (Å²) in [5.74, 6) is 1.09. The second kappa shape index (κ2) is 5.85. The van der Waals surface area contributed by atoms with Gasteiger partial charge in [0.05, 0.1) is 0 Å². The Bertz CT molecular complexity index is 393. The summed E-state index contributed by atoms with van der Waals surface area (Å²) in [7, 11) is 0. The number of hydrogen-bond acceptors (Lipinski definition) is 3. The largest absolute Gasteiger partial charge is 0.384 e. The lowest BCUT2D eigenvalue weighted by Crippen LogP contribution is -2.37. The van der Waals surface area contributed by atoms with E-state index in [9.17, 15) is 0 Å². The number of nitrogens with zero attached hydrogens (tertiary/aromatic N) is 2. The highest BCUT2D eigenvalue weighted by Gasteiger charge is 2.20. The highest BCUT2D eigenvalue weighted by molar-refractivity contribution is 5.94. The maximum Gasteiger partial charge on any atom is 0.128 e. The molecule has 1 aliphatic rings. The van der Waals surface area contributed by atoms with Crippen molar-refractivity contribution in [1.29, 1.82) is 5.41 Å². The van der Waals surface area contributed by atoms with Crippen LogP contribution in [0.5, 0.6) is 0 Å². The minimum Gasteiger partial charge on any atom is -0.384 e. The molecule has 98 valence electrons. The molecule has 18 heavy (non-hydrogen) atoms. The van der Waals surface area contributed by atoms with Gasteiger partial charge in [-0.3, -0.25) is 5.41 Å². The van der Waals surface area contributed by atoms with Crippen molar-refractivity contribution in [3.8, 4) is 0 Å². The highest BCUT2D eigenvalue weighted by Crippen LogP contribution is 2.25. The molecular formula is C14H22N4. The van der Waals surface area contributed by atoms with Crippen LogP contribution in [0.1, 0.15) is 44.6 Å². The van der Waals surface area contributed by atoms with Crippen LogP contribution in [0.25, 0.3) is 0 Å². The van der Waals surface area contributed by atoms with Gasteiger partial charge in [0.1, 0.15) is 11.7 Å². The minimum atomic E-state index is 0.0785. The zero-order valence-corrected chi connectivity index (χ0v) is 11.0. The first-order valence-electron chi connectivity index (χ1n) is 6.79. The summed E-state index contributed by atoms with van der Waals surface area (Å²) in [5.41, 5.74) is 6.14. The fraction of sp³-hybridized carbons (Fsp3) is 0.571. The Balaban J connectivity index is 2.13. The van der Waals surface area contributed by atoms with Crippen molar-refractivity contribution in [2.45, 2.75) is 45.1 Å². The van der Waals surface area contributed by atoms with Gasteiger partial charge in [-0.1, -0.05) is 19.3 Å². The summed E-state index contributed by atoms with van der Waals surface area (Å²) in [6, 6.07) is 4.49. The Morgan fingerprint density at radius 3 is 2.61 bits per heavy atom. The maximum atomic E-state index is 7.38. The lowest BCUT2D eigenvalue weighted by molar-refractivity contribution is 0.416. The number of pyridine rings is 1. The number of nitrogens with one attached hydrogen (secondary N) is 1. The van der Waals surface area contributed by atoms with Crippen LogP contribution < -0.4 is 10.6 Å². The average Bonchev–Trinajstić information content (AvgIpc) is 2.41. The van der Waals surface area contributed by atoms with Crippen molar-refractivity contribution >= 4 is 11.7 Å². The molecule has 1 heterocycles.